The molecule has 170 valence electrons. The zero-order chi connectivity index (χ0) is 24.0. The smallest absolute Gasteiger partial charge is 0.301 e. The first-order valence-corrected chi connectivity index (χ1v) is 12.2. The number of ketones is 1. The Hall–Kier alpha value is -3.36. The highest BCUT2D eigenvalue weighted by Crippen LogP contribution is 2.44. The molecule has 0 saturated carbocycles. The third kappa shape index (κ3) is 3.82. The molecule has 0 unspecified atom stereocenters. The van der Waals surface area contributed by atoms with E-state index in [4.69, 9.17) is 0 Å². The van der Waals surface area contributed by atoms with Crippen molar-refractivity contribution in [3.8, 4) is 0 Å². The first-order valence-electron chi connectivity index (χ1n) is 10.6. The van der Waals surface area contributed by atoms with Crippen LogP contribution < -0.4 is 4.90 Å². The summed E-state index contributed by atoms with van der Waals surface area (Å²) in [6, 6.07) is 17.4. The number of aliphatic hydroxyl groups is 1. The van der Waals surface area contributed by atoms with Crippen molar-refractivity contribution in [2.24, 2.45) is 0 Å². The van der Waals surface area contributed by atoms with Crippen molar-refractivity contribution in [3.05, 3.63) is 99.3 Å². The molecule has 34 heavy (non-hydrogen) atoms. The Morgan fingerprint density at radius 2 is 1.88 bits per heavy atom. The highest BCUT2D eigenvalue weighted by Gasteiger charge is 2.48. The molecule has 1 saturated heterocycles. The number of hydrogen-bond donors (Lipinski definition) is 1. The molecule has 0 bridgehead atoms. The van der Waals surface area contributed by atoms with Crippen molar-refractivity contribution in [2.45, 2.75) is 19.4 Å². The molecular weight excluding hydrogens is 519 g/mol. The molecule has 0 spiro atoms. The van der Waals surface area contributed by atoms with E-state index in [1.807, 2.05) is 24.3 Å². The Kier molecular flexibility index (Phi) is 5.79. The van der Waals surface area contributed by atoms with Crippen LogP contribution in [0.3, 0.4) is 0 Å². The Morgan fingerprint density at radius 3 is 2.59 bits per heavy atom. The van der Waals surface area contributed by atoms with Gasteiger partial charge in [0.25, 0.3) is 5.78 Å². The summed E-state index contributed by atoms with van der Waals surface area (Å²) < 4.78 is 15.1. The number of halogens is 2. The van der Waals surface area contributed by atoms with Crippen molar-refractivity contribution in [2.75, 3.05) is 4.90 Å². The van der Waals surface area contributed by atoms with Crippen molar-refractivity contribution in [1.82, 2.24) is 4.98 Å². The number of thiazole rings is 1. The first kappa shape index (κ1) is 22.4. The van der Waals surface area contributed by atoms with E-state index >= 15 is 0 Å². The quantitative estimate of drug-likeness (QED) is 0.186. The van der Waals surface area contributed by atoms with Crippen LogP contribution in [0.15, 0.2) is 76.8 Å². The van der Waals surface area contributed by atoms with Gasteiger partial charge in [0.15, 0.2) is 5.13 Å². The van der Waals surface area contributed by atoms with Crippen LogP contribution in [0.1, 0.15) is 29.7 Å². The third-order valence-corrected chi connectivity index (χ3v) is 7.29. The molecular formula is C26H18BrFN2O3S. The van der Waals surface area contributed by atoms with Gasteiger partial charge in [0, 0.05) is 10.0 Å². The Bertz CT molecular complexity index is 1480. The minimum Gasteiger partial charge on any atom is -0.507 e. The van der Waals surface area contributed by atoms with Crippen LogP contribution in [-0.4, -0.2) is 21.8 Å². The number of aromatic nitrogens is 1. The van der Waals surface area contributed by atoms with Gasteiger partial charge in [0.2, 0.25) is 0 Å². The van der Waals surface area contributed by atoms with Gasteiger partial charge in [-0.1, -0.05) is 52.4 Å². The van der Waals surface area contributed by atoms with E-state index in [0.717, 1.165) is 26.7 Å². The monoisotopic (exact) mass is 536 g/mol. The second kappa shape index (κ2) is 8.77. The minimum atomic E-state index is -0.895. The molecule has 5 rings (SSSR count). The van der Waals surface area contributed by atoms with E-state index in [2.05, 4.69) is 27.8 Å². The summed E-state index contributed by atoms with van der Waals surface area (Å²) in [6.45, 7) is 2.06. The second-order valence-corrected chi connectivity index (χ2v) is 9.81. The summed E-state index contributed by atoms with van der Waals surface area (Å²) in [5.41, 5.74) is 2.68. The Morgan fingerprint density at radius 1 is 1.12 bits per heavy atom. The average molecular weight is 537 g/mol. The molecule has 3 aromatic carbocycles. The molecule has 0 radical (unpaired) electrons. The Balaban J connectivity index is 1.72. The lowest BCUT2D eigenvalue weighted by Crippen LogP contribution is -2.29. The summed E-state index contributed by atoms with van der Waals surface area (Å²) in [5, 5.41) is 11.5. The number of amides is 1. The topological polar surface area (TPSA) is 70.5 Å². The Labute approximate surface area is 207 Å². The number of Topliss-reactive ketones (excluding diaryl/α,β-unsaturated/α-hetero) is 1. The van der Waals surface area contributed by atoms with Crippen molar-refractivity contribution >= 4 is 60.1 Å². The summed E-state index contributed by atoms with van der Waals surface area (Å²) in [5.74, 6) is -2.43. The fourth-order valence-corrected chi connectivity index (χ4v) is 5.54. The SMILES string of the molecule is CCc1ccc2nc(N3C(=O)C(=O)C(=C(O)c4ccc(F)cc4)[C@H]3c3cccc(Br)c3)sc2c1. The van der Waals surface area contributed by atoms with Crippen molar-refractivity contribution in [1.29, 1.82) is 0 Å². The standard InChI is InChI=1S/C26H18BrFN2O3S/c1-2-14-6-11-19-20(12-14)34-26(29-19)30-22(16-4-3-5-17(27)13-16)21(24(32)25(30)33)23(31)15-7-9-18(28)10-8-15/h3-13,22,31H,2H2,1H3/t22-/m1/s1. The van der Waals surface area contributed by atoms with E-state index in [1.54, 1.807) is 18.2 Å². The predicted molar refractivity (Wildman–Crippen MR) is 134 cm³/mol. The van der Waals surface area contributed by atoms with E-state index in [9.17, 15) is 19.1 Å². The maximum atomic E-state index is 13.5. The molecule has 1 aliphatic heterocycles. The molecule has 1 fully saturated rings. The van der Waals surface area contributed by atoms with Gasteiger partial charge in [-0.2, -0.15) is 0 Å². The average Bonchev–Trinajstić information content (AvgIpc) is 3.36. The van der Waals surface area contributed by atoms with Crippen LogP contribution in [0.5, 0.6) is 0 Å². The zero-order valence-corrected chi connectivity index (χ0v) is 20.4. The largest absolute Gasteiger partial charge is 0.507 e. The van der Waals surface area contributed by atoms with Crippen LogP contribution in [0.25, 0.3) is 16.0 Å². The summed E-state index contributed by atoms with van der Waals surface area (Å²) in [4.78, 5) is 32.5. The fourth-order valence-electron chi connectivity index (χ4n) is 4.06. The number of benzene rings is 3. The number of aryl methyl sites for hydroxylation is 1. The molecule has 4 aromatic rings. The van der Waals surface area contributed by atoms with Crippen molar-refractivity contribution < 1.29 is 19.1 Å². The molecule has 8 heteroatoms. The number of hydrogen-bond acceptors (Lipinski definition) is 5. The molecule has 1 amide bonds. The van der Waals surface area contributed by atoms with Crippen LogP contribution >= 0.6 is 27.3 Å². The van der Waals surface area contributed by atoms with Crippen LogP contribution in [-0.2, 0) is 16.0 Å². The predicted octanol–water partition coefficient (Wildman–Crippen LogP) is 6.39. The number of rotatable bonds is 4. The van der Waals surface area contributed by atoms with Gasteiger partial charge in [0.05, 0.1) is 21.8 Å². The van der Waals surface area contributed by atoms with Crippen LogP contribution in [0.2, 0.25) is 0 Å². The highest BCUT2D eigenvalue weighted by atomic mass is 79.9. The molecule has 1 aliphatic rings. The van der Waals surface area contributed by atoms with Crippen molar-refractivity contribution in [3.63, 3.8) is 0 Å². The lowest BCUT2D eigenvalue weighted by atomic mass is 9.95. The van der Waals surface area contributed by atoms with E-state index < -0.39 is 23.5 Å². The second-order valence-electron chi connectivity index (χ2n) is 7.88. The molecule has 5 nitrogen and oxygen atoms in total. The van der Waals surface area contributed by atoms with Crippen LogP contribution in [0.4, 0.5) is 9.52 Å². The maximum absolute atomic E-state index is 13.5. The van der Waals surface area contributed by atoms with Gasteiger partial charge in [0.1, 0.15) is 11.6 Å². The summed E-state index contributed by atoms with van der Waals surface area (Å²) in [6.07, 6.45) is 0.864. The number of carbonyl (C=O) groups excluding carboxylic acids is 2. The zero-order valence-electron chi connectivity index (χ0n) is 18.0. The third-order valence-electron chi connectivity index (χ3n) is 5.78. The van der Waals surface area contributed by atoms with Gasteiger partial charge in [-0.05, 0) is 66.1 Å². The molecule has 1 atom stereocenters. The maximum Gasteiger partial charge on any atom is 0.301 e. The van der Waals surface area contributed by atoms with E-state index in [0.29, 0.717) is 10.7 Å². The van der Waals surface area contributed by atoms with E-state index in [1.165, 1.54) is 40.5 Å². The van der Waals surface area contributed by atoms with Crippen LogP contribution in [0, 0.1) is 5.82 Å². The number of anilines is 1. The normalized spacial score (nSPS) is 17.6. The summed E-state index contributed by atoms with van der Waals surface area (Å²) in [7, 11) is 0. The molecule has 1 aromatic heterocycles. The lowest BCUT2D eigenvalue weighted by Gasteiger charge is -2.23. The van der Waals surface area contributed by atoms with Gasteiger partial charge >= 0.3 is 5.91 Å². The van der Waals surface area contributed by atoms with Gasteiger partial charge < -0.3 is 5.11 Å². The fraction of sp³-hybridized carbons (Fsp3) is 0.115. The van der Waals surface area contributed by atoms with Gasteiger partial charge in [-0.15, -0.1) is 0 Å². The number of aliphatic hydroxyl groups excluding tert-OH is 1. The van der Waals surface area contributed by atoms with Gasteiger partial charge in [-0.25, -0.2) is 9.37 Å². The highest BCUT2D eigenvalue weighted by molar-refractivity contribution is 9.10. The molecule has 1 N–H and O–H groups in total. The summed E-state index contributed by atoms with van der Waals surface area (Å²) >= 11 is 4.77. The number of nitrogens with zero attached hydrogens (tertiary/aromatic N) is 2. The molecule has 0 aliphatic carbocycles. The molecule has 2 heterocycles. The first-order chi connectivity index (χ1) is 16.4. The lowest BCUT2D eigenvalue weighted by molar-refractivity contribution is -0.132. The van der Waals surface area contributed by atoms with E-state index in [-0.39, 0.29) is 16.9 Å². The minimum absolute atomic E-state index is 0.0665. The number of fused-ring (bicyclic) bond motifs is 1. The number of carbonyl (C=O) groups is 2. The van der Waals surface area contributed by atoms with Gasteiger partial charge in [-0.3, -0.25) is 14.5 Å².